The van der Waals surface area contributed by atoms with E-state index in [0.717, 1.165) is 11.3 Å². The van der Waals surface area contributed by atoms with Crippen LogP contribution >= 0.6 is 0 Å². The second kappa shape index (κ2) is 8.07. The van der Waals surface area contributed by atoms with Gasteiger partial charge < -0.3 is 20.3 Å². The van der Waals surface area contributed by atoms with Crippen LogP contribution in [0.4, 0.5) is 11.5 Å². The van der Waals surface area contributed by atoms with Crippen LogP contribution in [0.5, 0.6) is 5.75 Å². The summed E-state index contributed by atoms with van der Waals surface area (Å²) in [7, 11) is 1.61. The Morgan fingerprint density at radius 2 is 2.07 bits per heavy atom. The number of methoxy groups -OCH3 is 1. The number of fused-ring (bicyclic) bond motifs is 1. The van der Waals surface area contributed by atoms with Crippen molar-refractivity contribution in [3.63, 3.8) is 0 Å². The lowest BCUT2D eigenvalue weighted by Gasteiger charge is -2.30. The van der Waals surface area contributed by atoms with Gasteiger partial charge in [-0.1, -0.05) is 26.0 Å². The molecule has 0 fully saturated rings. The topological polar surface area (TPSA) is 83.6 Å². The van der Waals surface area contributed by atoms with E-state index in [-0.39, 0.29) is 18.4 Å². The van der Waals surface area contributed by atoms with Crippen molar-refractivity contribution in [1.82, 2.24) is 10.3 Å². The molecular weight excluding hydrogens is 344 g/mol. The van der Waals surface area contributed by atoms with Crippen molar-refractivity contribution in [2.45, 2.75) is 20.4 Å². The fourth-order valence-electron chi connectivity index (χ4n) is 2.79. The summed E-state index contributed by atoms with van der Waals surface area (Å²) >= 11 is 0. The average Bonchev–Trinajstić information content (AvgIpc) is 2.68. The van der Waals surface area contributed by atoms with Gasteiger partial charge in [0.25, 0.3) is 5.91 Å². The first-order valence-electron chi connectivity index (χ1n) is 8.93. The quantitative estimate of drug-likeness (QED) is 0.818. The highest BCUT2D eigenvalue weighted by Crippen LogP contribution is 2.30. The first-order valence-corrected chi connectivity index (χ1v) is 8.93. The molecule has 2 N–H and O–H groups in total. The SMILES string of the molecule is COc1ccc(CN2C(=O)CNc3ncc(C(=O)NCC(C)C)cc32)cc1. The molecule has 7 heteroatoms. The van der Waals surface area contributed by atoms with E-state index in [1.165, 1.54) is 6.20 Å². The van der Waals surface area contributed by atoms with Crippen LogP contribution < -0.4 is 20.3 Å². The summed E-state index contributed by atoms with van der Waals surface area (Å²) in [6.45, 7) is 5.23. The first kappa shape index (κ1) is 18.7. The number of amides is 2. The summed E-state index contributed by atoms with van der Waals surface area (Å²) in [5.41, 5.74) is 2.01. The second-order valence-electron chi connectivity index (χ2n) is 6.88. The molecular formula is C20H24N4O3. The lowest BCUT2D eigenvalue weighted by atomic mass is 10.1. The molecule has 27 heavy (non-hydrogen) atoms. The van der Waals surface area contributed by atoms with Crippen LogP contribution in [0.2, 0.25) is 0 Å². The monoisotopic (exact) mass is 368 g/mol. The maximum Gasteiger partial charge on any atom is 0.252 e. The van der Waals surface area contributed by atoms with Gasteiger partial charge >= 0.3 is 0 Å². The zero-order valence-electron chi connectivity index (χ0n) is 15.8. The van der Waals surface area contributed by atoms with Crippen LogP contribution in [0.3, 0.4) is 0 Å². The number of nitrogens with one attached hydrogen (secondary N) is 2. The van der Waals surface area contributed by atoms with E-state index >= 15 is 0 Å². The molecule has 142 valence electrons. The molecule has 1 aliphatic rings. The normalized spacial score (nSPS) is 13.2. The molecule has 0 saturated carbocycles. The minimum Gasteiger partial charge on any atom is -0.497 e. The molecule has 0 bridgehead atoms. The molecule has 0 aliphatic carbocycles. The van der Waals surface area contributed by atoms with Gasteiger partial charge in [-0.05, 0) is 29.7 Å². The van der Waals surface area contributed by atoms with Crippen molar-refractivity contribution in [2.75, 3.05) is 30.4 Å². The largest absolute Gasteiger partial charge is 0.497 e. The van der Waals surface area contributed by atoms with Gasteiger partial charge in [-0.3, -0.25) is 9.59 Å². The lowest BCUT2D eigenvalue weighted by Crippen LogP contribution is -2.40. The van der Waals surface area contributed by atoms with Crippen LogP contribution in [0, 0.1) is 5.92 Å². The molecule has 0 spiro atoms. The Balaban J connectivity index is 1.85. The van der Waals surface area contributed by atoms with E-state index in [0.29, 0.717) is 36.1 Å². The van der Waals surface area contributed by atoms with E-state index in [1.807, 2.05) is 38.1 Å². The molecule has 0 saturated heterocycles. The maximum absolute atomic E-state index is 12.5. The Kier molecular flexibility index (Phi) is 5.59. The van der Waals surface area contributed by atoms with E-state index < -0.39 is 0 Å². The van der Waals surface area contributed by atoms with Gasteiger partial charge in [-0.15, -0.1) is 0 Å². The summed E-state index contributed by atoms with van der Waals surface area (Å²) in [6.07, 6.45) is 1.53. The summed E-state index contributed by atoms with van der Waals surface area (Å²) in [5, 5.41) is 5.89. The summed E-state index contributed by atoms with van der Waals surface area (Å²) < 4.78 is 5.17. The van der Waals surface area contributed by atoms with Crippen LogP contribution in [0.25, 0.3) is 0 Å². The van der Waals surface area contributed by atoms with Gasteiger partial charge in [0.05, 0.1) is 31.5 Å². The van der Waals surface area contributed by atoms with Crippen molar-refractivity contribution in [1.29, 1.82) is 0 Å². The smallest absolute Gasteiger partial charge is 0.252 e. The number of carbonyl (C=O) groups excluding carboxylic acids is 2. The number of pyridine rings is 1. The Labute approximate surface area is 158 Å². The van der Waals surface area contributed by atoms with Crippen LogP contribution in [0.1, 0.15) is 29.8 Å². The zero-order chi connectivity index (χ0) is 19.4. The molecule has 2 heterocycles. The maximum atomic E-state index is 12.5. The minimum absolute atomic E-state index is 0.0696. The third kappa shape index (κ3) is 4.36. The van der Waals surface area contributed by atoms with Crippen molar-refractivity contribution in [3.05, 3.63) is 47.7 Å². The second-order valence-corrected chi connectivity index (χ2v) is 6.88. The Morgan fingerprint density at radius 3 is 2.74 bits per heavy atom. The van der Waals surface area contributed by atoms with E-state index in [4.69, 9.17) is 4.74 Å². The third-order valence-corrected chi connectivity index (χ3v) is 4.30. The summed E-state index contributed by atoms with van der Waals surface area (Å²) in [6, 6.07) is 9.26. The third-order valence-electron chi connectivity index (χ3n) is 4.30. The molecule has 3 rings (SSSR count). The number of benzene rings is 1. The van der Waals surface area contributed by atoms with Gasteiger partial charge in [0.1, 0.15) is 5.75 Å². The number of nitrogens with zero attached hydrogens (tertiary/aromatic N) is 2. The number of carbonyl (C=O) groups is 2. The highest BCUT2D eigenvalue weighted by Gasteiger charge is 2.26. The van der Waals surface area contributed by atoms with E-state index in [1.54, 1.807) is 18.1 Å². The molecule has 0 radical (unpaired) electrons. The minimum atomic E-state index is -0.193. The first-order chi connectivity index (χ1) is 13.0. The highest BCUT2D eigenvalue weighted by atomic mass is 16.5. The number of hydrogen-bond acceptors (Lipinski definition) is 5. The van der Waals surface area contributed by atoms with Crippen LogP contribution in [-0.2, 0) is 11.3 Å². The van der Waals surface area contributed by atoms with Crippen molar-refractivity contribution >= 4 is 23.3 Å². The van der Waals surface area contributed by atoms with Gasteiger partial charge in [0, 0.05) is 12.7 Å². The predicted molar refractivity (Wildman–Crippen MR) is 104 cm³/mol. The lowest BCUT2D eigenvalue weighted by molar-refractivity contribution is -0.117. The fourth-order valence-corrected chi connectivity index (χ4v) is 2.79. The predicted octanol–water partition coefficient (Wildman–Crippen LogP) is 2.43. The number of aromatic nitrogens is 1. The molecule has 2 aromatic rings. The summed E-state index contributed by atoms with van der Waals surface area (Å²) in [5.74, 6) is 1.45. The van der Waals surface area contributed by atoms with Gasteiger partial charge in [0.15, 0.2) is 5.82 Å². The van der Waals surface area contributed by atoms with Crippen molar-refractivity contribution in [2.24, 2.45) is 5.92 Å². The van der Waals surface area contributed by atoms with Gasteiger partial charge in [-0.2, -0.15) is 0 Å². The van der Waals surface area contributed by atoms with Crippen LogP contribution in [0.15, 0.2) is 36.5 Å². The number of rotatable bonds is 6. The molecule has 1 aromatic heterocycles. The van der Waals surface area contributed by atoms with E-state index in [2.05, 4.69) is 15.6 Å². The molecule has 2 amide bonds. The molecule has 1 aromatic carbocycles. The number of anilines is 2. The molecule has 1 aliphatic heterocycles. The highest BCUT2D eigenvalue weighted by molar-refractivity contribution is 6.04. The number of ether oxygens (including phenoxy) is 1. The van der Waals surface area contributed by atoms with Crippen LogP contribution in [-0.4, -0.2) is 37.0 Å². The van der Waals surface area contributed by atoms with Crippen molar-refractivity contribution < 1.29 is 14.3 Å². The van der Waals surface area contributed by atoms with Gasteiger partial charge in [0.2, 0.25) is 5.91 Å². The Bertz CT molecular complexity index is 834. The Hall–Kier alpha value is -3.09. The molecule has 0 unspecified atom stereocenters. The van der Waals surface area contributed by atoms with E-state index in [9.17, 15) is 9.59 Å². The fraction of sp³-hybridized carbons (Fsp3) is 0.350. The molecule has 0 atom stereocenters. The number of hydrogen-bond donors (Lipinski definition) is 2. The Morgan fingerprint density at radius 1 is 1.33 bits per heavy atom. The zero-order valence-corrected chi connectivity index (χ0v) is 15.8. The summed E-state index contributed by atoms with van der Waals surface area (Å²) in [4.78, 5) is 30.8. The van der Waals surface area contributed by atoms with Crippen molar-refractivity contribution in [3.8, 4) is 5.75 Å². The standard InChI is InChI=1S/C20H24N4O3/c1-13(2)9-23-20(26)15-8-17-19(21-10-15)22-11-18(25)24(17)12-14-4-6-16(27-3)7-5-14/h4-8,10,13H,9,11-12H2,1-3H3,(H,21,22)(H,23,26). The van der Waals surface area contributed by atoms with Gasteiger partial charge in [-0.25, -0.2) is 4.98 Å². The molecule has 7 nitrogen and oxygen atoms in total. The average molecular weight is 368 g/mol.